The maximum absolute atomic E-state index is 14.0. The van der Waals surface area contributed by atoms with Gasteiger partial charge >= 0.3 is 12.1 Å². The normalized spacial score (nSPS) is 12.3. The molecule has 0 fully saturated rings. The zero-order valence-electron chi connectivity index (χ0n) is 21.1. The molecule has 0 radical (unpaired) electrons. The van der Waals surface area contributed by atoms with Crippen molar-refractivity contribution in [3.63, 3.8) is 0 Å². The molecule has 0 spiro atoms. The molecule has 0 aliphatic heterocycles. The van der Waals surface area contributed by atoms with E-state index in [1.54, 1.807) is 39.8 Å². The molecule has 38 heavy (non-hydrogen) atoms. The molecule has 1 unspecified atom stereocenters. The molecule has 202 valence electrons. The smallest absolute Gasteiger partial charge is 0.408 e. The number of rotatable bonds is 8. The molecule has 1 atom stereocenters. The molecule has 0 aliphatic carbocycles. The van der Waals surface area contributed by atoms with Gasteiger partial charge in [-0.1, -0.05) is 68.4 Å². The Morgan fingerprint density at radius 2 is 1.29 bits per heavy atom. The molecule has 10 heteroatoms. The molecule has 3 aromatic carbocycles. The summed E-state index contributed by atoms with van der Waals surface area (Å²) >= 11 is 0. The number of alkyl carbamates (subject to hydrolysis) is 1. The first-order valence-corrected chi connectivity index (χ1v) is 11.7. The second kappa shape index (κ2) is 11.6. The van der Waals surface area contributed by atoms with Gasteiger partial charge in [-0.3, -0.25) is 0 Å². The van der Waals surface area contributed by atoms with Crippen molar-refractivity contribution in [1.29, 1.82) is 0 Å². The van der Waals surface area contributed by atoms with E-state index in [9.17, 15) is 31.5 Å². The Morgan fingerprint density at radius 3 is 1.82 bits per heavy atom. The van der Waals surface area contributed by atoms with Gasteiger partial charge in [0, 0.05) is 0 Å². The molecular weight excluding hydrogens is 509 g/mol. The summed E-state index contributed by atoms with van der Waals surface area (Å²) in [6.07, 6.45) is -1.13. The standard InChI is InChI=1S/C28H26F5NO4/c1-15(2)14-19(26(35)37-25-23(32)21(30)20(29)22(31)24(25)33)34-27(36)38-28(3,4)18-12-10-17(11-13-18)16-8-6-5-7-9-16/h5-13,15,19H,14H2,1-4H3,(H,34,36). The third-order valence-electron chi connectivity index (χ3n) is 5.69. The highest BCUT2D eigenvalue weighted by Gasteiger charge is 2.33. The molecule has 0 saturated heterocycles. The highest BCUT2D eigenvalue weighted by Crippen LogP contribution is 2.30. The average molecular weight is 536 g/mol. The van der Waals surface area contributed by atoms with Gasteiger partial charge in [0.1, 0.15) is 11.6 Å². The minimum Gasteiger partial charge on any atom is -0.439 e. The molecule has 5 nitrogen and oxygen atoms in total. The summed E-state index contributed by atoms with van der Waals surface area (Å²) in [5.74, 6) is -14.9. The summed E-state index contributed by atoms with van der Waals surface area (Å²) in [6, 6.07) is 15.4. The number of hydrogen-bond acceptors (Lipinski definition) is 4. The summed E-state index contributed by atoms with van der Waals surface area (Å²) in [4.78, 5) is 25.3. The molecule has 1 N–H and O–H groups in total. The molecule has 3 rings (SSSR count). The van der Waals surface area contributed by atoms with Crippen molar-refractivity contribution in [2.75, 3.05) is 0 Å². The van der Waals surface area contributed by atoms with Crippen molar-refractivity contribution < 1.29 is 41.0 Å². The lowest BCUT2D eigenvalue weighted by atomic mass is 9.95. The fourth-order valence-corrected chi connectivity index (χ4v) is 3.69. The van der Waals surface area contributed by atoms with E-state index in [1.165, 1.54) is 0 Å². The van der Waals surface area contributed by atoms with Gasteiger partial charge < -0.3 is 14.8 Å². The molecule has 0 aliphatic rings. The van der Waals surface area contributed by atoms with E-state index in [2.05, 4.69) is 10.1 Å². The number of benzene rings is 3. The Labute approximate surface area is 216 Å². The first kappa shape index (κ1) is 28.6. The Kier molecular flexibility index (Phi) is 8.75. The maximum Gasteiger partial charge on any atom is 0.408 e. The van der Waals surface area contributed by atoms with Crippen molar-refractivity contribution in [2.24, 2.45) is 5.92 Å². The lowest BCUT2D eigenvalue weighted by molar-refractivity contribution is -0.137. The largest absolute Gasteiger partial charge is 0.439 e. The van der Waals surface area contributed by atoms with Crippen LogP contribution in [0.15, 0.2) is 54.6 Å². The second-order valence-electron chi connectivity index (χ2n) is 9.49. The van der Waals surface area contributed by atoms with Crippen LogP contribution in [0.3, 0.4) is 0 Å². The van der Waals surface area contributed by atoms with E-state index >= 15 is 0 Å². The van der Waals surface area contributed by atoms with Crippen LogP contribution in [0.25, 0.3) is 11.1 Å². The summed E-state index contributed by atoms with van der Waals surface area (Å²) in [6.45, 7) is 6.61. The van der Waals surface area contributed by atoms with Crippen LogP contribution in [0.4, 0.5) is 26.7 Å². The number of ether oxygens (including phenoxy) is 2. The predicted molar refractivity (Wildman–Crippen MR) is 130 cm³/mol. The van der Waals surface area contributed by atoms with Crippen LogP contribution in [-0.2, 0) is 15.1 Å². The SMILES string of the molecule is CC(C)CC(NC(=O)OC(C)(C)c1ccc(-c2ccccc2)cc1)C(=O)Oc1c(F)c(F)c(F)c(F)c1F. The summed E-state index contributed by atoms with van der Waals surface area (Å²) in [5, 5.41) is 2.27. The monoisotopic (exact) mass is 535 g/mol. The highest BCUT2D eigenvalue weighted by molar-refractivity contribution is 5.83. The number of amides is 1. The Bertz CT molecular complexity index is 1280. The molecule has 3 aromatic rings. The molecular formula is C28H26F5NO4. The maximum atomic E-state index is 14.0. The van der Waals surface area contributed by atoms with Gasteiger partial charge in [0.05, 0.1) is 0 Å². The first-order valence-electron chi connectivity index (χ1n) is 11.7. The van der Waals surface area contributed by atoms with Crippen LogP contribution < -0.4 is 10.1 Å². The summed E-state index contributed by atoms with van der Waals surface area (Å²) < 4.78 is 78.3. The fraction of sp³-hybridized carbons (Fsp3) is 0.286. The minimum absolute atomic E-state index is 0.0739. The third kappa shape index (κ3) is 6.48. The number of hydrogen-bond donors (Lipinski definition) is 1. The zero-order valence-corrected chi connectivity index (χ0v) is 21.1. The number of esters is 1. The number of nitrogens with one attached hydrogen (secondary N) is 1. The van der Waals surface area contributed by atoms with Gasteiger partial charge in [0.2, 0.25) is 34.8 Å². The first-order chi connectivity index (χ1) is 17.8. The Morgan fingerprint density at radius 1 is 0.789 bits per heavy atom. The quantitative estimate of drug-likeness (QED) is 0.111. The van der Waals surface area contributed by atoms with E-state index in [0.717, 1.165) is 11.1 Å². The van der Waals surface area contributed by atoms with Crippen LogP contribution in [0.2, 0.25) is 0 Å². The van der Waals surface area contributed by atoms with Crippen LogP contribution in [0.1, 0.15) is 39.7 Å². The van der Waals surface area contributed by atoms with E-state index in [0.29, 0.717) is 5.56 Å². The molecule has 0 aromatic heterocycles. The number of halogens is 5. The van der Waals surface area contributed by atoms with Gasteiger partial charge in [-0.2, -0.15) is 8.78 Å². The average Bonchev–Trinajstić information content (AvgIpc) is 2.88. The van der Waals surface area contributed by atoms with Crippen molar-refractivity contribution >= 4 is 12.1 Å². The van der Waals surface area contributed by atoms with Gasteiger partial charge in [-0.05, 0) is 42.9 Å². The third-order valence-corrected chi connectivity index (χ3v) is 5.69. The van der Waals surface area contributed by atoms with E-state index in [4.69, 9.17) is 4.74 Å². The minimum atomic E-state index is -2.39. The summed E-state index contributed by atoms with van der Waals surface area (Å²) in [7, 11) is 0. The molecule has 0 saturated carbocycles. The molecule has 0 heterocycles. The fourth-order valence-electron chi connectivity index (χ4n) is 3.69. The van der Waals surface area contributed by atoms with Crippen LogP contribution >= 0.6 is 0 Å². The van der Waals surface area contributed by atoms with Gasteiger partial charge in [0.25, 0.3) is 0 Å². The van der Waals surface area contributed by atoms with Gasteiger partial charge in [-0.25, -0.2) is 22.8 Å². The van der Waals surface area contributed by atoms with Gasteiger partial charge in [-0.15, -0.1) is 0 Å². The van der Waals surface area contributed by atoms with E-state index < -0.39 is 58.5 Å². The Balaban J connectivity index is 1.75. The summed E-state index contributed by atoms with van der Waals surface area (Å²) in [5.41, 5.74) is 1.42. The number of carbonyl (C=O) groups is 2. The van der Waals surface area contributed by atoms with E-state index in [-0.39, 0.29) is 12.3 Å². The van der Waals surface area contributed by atoms with E-state index in [1.807, 2.05) is 42.5 Å². The van der Waals surface area contributed by atoms with Crippen LogP contribution in [-0.4, -0.2) is 18.1 Å². The van der Waals surface area contributed by atoms with Crippen LogP contribution in [0.5, 0.6) is 5.75 Å². The van der Waals surface area contributed by atoms with Crippen molar-refractivity contribution in [3.05, 3.63) is 89.2 Å². The predicted octanol–water partition coefficient (Wildman–Crippen LogP) is 7.03. The lowest BCUT2D eigenvalue weighted by Crippen LogP contribution is -2.46. The Hall–Kier alpha value is -3.95. The van der Waals surface area contributed by atoms with Crippen molar-refractivity contribution in [3.8, 4) is 16.9 Å². The second-order valence-corrected chi connectivity index (χ2v) is 9.49. The topological polar surface area (TPSA) is 64.6 Å². The van der Waals surface area contributed by atoms with Gasteiger partial charge in [0.15, 0.2) is 0 Å². The van der Waals surface area contributed by atoms with Crippen LogP contribution in [0, 0.1) is 35.0 Å². The van der Waals surface area contributed by atoms with Crippen molar-refractivity contribution in [1.82, 2.24) is 5.32 Å². The molecule has 0 bridgehead atoms. The molecule has 1 amide bonds. The number of carbonyl (C=O) groups excluding carboxylic acids is 2. The highest BCUT2D eigenvalue weighted by atomic mass is 19.2. The van der Waals surface area contributed by atoms with Crippen molar-refractivity contribution in [2.45, 2.75) is 45.8 Å². The zero-order chi connectivity index (χ0) is 28.2. The lowest BCUT2D eigenvalue weighted by Gasteiger charge is -2.27.